The number of aliphatic hydroxyl groups excluding tert-OH is 1. The van der Waals surface area contributed by atoms with Crippen LogP contribution in [0, 0.1) is 25.7 Å². The molecule has 1 N–H and O–H groups in total. The van der Waals surface area contributed by atoms with Gasteiger partial charge in [0, 0.05) is 16.1 Å². The van der Waals surface area contributed by atoms with Gasteiger partial charge in [0.05, 0.1) is 6.54 Å². The average molecular weight is 273 g/mol. The van der Waals surface area contributed by atoms with E-state index in [2.05, 4.69) is 11.8 Å². The maximum Gasteiger partial charge on any atom is 0.307 e. The van der Waals surface area contributed by atoms with Gasteiger partial charge in [-0.15, -0.1) is 0 Å². The van der Waals surface area contributed by atoms with Gasteiger partial charge in [-0.25, -0.2) is 0 Å². The van der Waals surface area contributed by atoms with E-state index in [-0.39, 0.29) is 11.5 Å². The molecule has 2 aromatic rings. The SMILES string of the molecule is Cc1sc(=O)n(Cc2ccccc2C#CCO)c1C. The molecule has 0 aliphatic rings. The van der Waals surface area contributed by atoms with E-state index in [9.17, 15) is 4.79 Å². The Morgan fingerprint density at radius 2 is 2.05 bits per heavy atom. The fourth-order valence-corrected chi connectivity index (χ4v) is 2.69. The van der Waals surface area contributed by atoms with Crippen molar-refractivity contribution in [3.8, 4) is 11.8 Å². The lowest BCUT2D eigenvalue weighted by Gasteiger charge is -2.07. The molecule has 0 aliphatic carbocycles. The smallest absolute Gasteiger partial charge is 0.307 e. The molecule has 0 amide bonds. The van der Waals surface area contributed by atoms with Crippen molar-refractivity contribution in [1.82, 2.24) is 4.57 Å². The van der Waals surface area contributed by atoms with Crippen LogP contribution < -0.4 is 4.87 Å². The Morgan fingerprint density at radius 1 is 1.32 bits per heavy atom. The Morgan fingerprint density at radius 3 is 2.68 bits per heavy atom. The molecule has 2 rings (SSSR count). The number of aryl methyl sites for hydroxylation is 1. The van der Waals surface area contributed by atoms with Crippen LogP contribution in [0.5, 0.6) is 0 Å². The average Bonchev–Trinajstić information content (AvgIpc) is 2.64. The van der Waals surface area contributed by atoms with Gasteiger partial charge in [0.1, 0.15) is 6.61 Å². The van der Waals surface area contributed by atoms with Gasteiger partial charge in [0.2, 0.25) is 0 Å². The number of nitrogens with zero attached hydrogens (tertiary/aromatic N) is 1. The highest BCUT2D eigenvalue weighted by molar-refractivity contribution is 7.09. The second-order valence-corrected chi connectivity index (χ2v) is 5.38. The summed E-state index contributed by atoms with van der Waals surface area (Å²) in [5.41, 5.74) is 2.85. The minimum absolute atomic E-state index is 0.0555. The molecule has 1 aromatic carbocycles. The van der Waals surface area contributed by atoms with Crippen molar-refractivity contribution in [2.24, 2.45) is 0 Å². The van der Waals surface area contributed by atoms with E-state index in [0.29, 0.717) is 6.54 Å². The number of rotatable bonds is 2. The molecule has 0 unspecified atom stereocenters. The van der Waals surface area contributed by atoms with Gasteiger partial charge < -0.3 is 5.11 Å². The highest BCUT2D eigenvalue weighted by atomic mass is 32.1. The van der Waals surface area contributed by atoms with Crippen LogP contribution in [0.3, 0.4) is 0 Å². The maximum absolute atomic E-state index is 11.9. The standard InChI is InChI=1S/C15H15NO2S/c1-11-12(2)19-15(18)16(11)10-14-7-4-3-6-13(14)8-5-9-17/h3-4,6-7,17H,9-10H2,1-2H3. The minimum atomic E-state index is -0.162. The summed E-state index contributed by atoms with van der Waals surface area (Å²) in [6.45, 7) is 4.26. The summed E-state index contributed by atoms with van der Waals surface area (Å²) in [5, 5.41) is 8.77. The lowest BCUT2D eigenvalue weighted by atomic mass is 10.1. The van der Waals surface area contributed by atoms with Crippen molar-refractivity contribution in [3.05, 3.63) is 55.6 Å². The van der Waals surface area contributed by atoms with E-state index in [4.69, 9.17) is 5.11 Å². The number of aliphatic hydroxyl groups is 1. The highest BCUT2D eigenvalue weighted by Gasteiger charge is 2.09. The minimum Gasteiger partial charge on any atom is -0.384 e. The molecule has 19 heavy (non-hydrogen) atoms. The monoisotopic (exact) mass is 273 g/mol. The molecular formula is C15H15NO2S. The van der Waals surface area contributed by atoms with E-state index in [1.54, 1.807) is 4.57 Å². The molecule has 4 heteroatoms. The summed E-state index contributed by atoms with van der Waals surface area (Å²) in [6, 6.07) is 7.69. The predicted molar refractivity (Wildman–Crippen MR) is 77.6 cm³/mol. The van der Waals surface area contributed by atoms with Crippen LogP contribution in [0.25, 0.3) is 0 Å². The van der Waals surface area contributed by atoms with Crippen molar-refractivity contribution in [1.29, 1.82) is 0 Å². The third-order valence-corrected chi connectivity index (χ3v) is 4.02. The molecule has 0 fully saturated rings. The molecule has 1 aromatic heterocycles. The van der Waals surface area contributed by atoms with Crippen LogP contribution in [0.4, 0.5) is 0 Å². The predicted octanol–water partition coefficient (Wildman–Crippen LogP) is 1.92. The Balaban J connectivity index is 2.41. The van der Waals surface area contributed by atoms with Crippen molar-refractivity contribution < 1.29 is 5.11 Å². The molecule has 0 atom stereocenters. The zero-order valence-corrected chi connectivity index (χ0v) is 11.8. The zero-order valence-electron chi connectivity index (χ0n) is 10.9. The van der Waals surface area contributed by atoms with E-state index < -0.39 is 0 Å². The van der Waals surface area contributed by atoms with Crippen LogP contribution in [-0.4, -0.2) is 16.3 Å². The van der Waals surface area contributed by atoms with Crippen LogP contribution in [0.1, 0.15) is 21.7 Å². The summed E-state index contributed by atoms with van der Waals surface area (Å²) in [7, 11) is 0. The molecule has 0 spiro atoms. The lowest BCUT2D eigenvalue weighted by Crippen LogP contribution is -2.16. The summed E-state index contributed by atoms with van der Waals surface area (Å²) >= 11 is 1.27. The van der Waals surface area contributed by atoms with Crippen molar-refractivity contribution >= 4 is 11.3 Å². The molecule has 0 bridgehead atoms. The van der Waals surface area contributed by atoms with Gasteiger partial charge in [-0.1, -0.05) is 41.4 Å². The molecule has 0 radical (unpaired) electrons. The number of aromatic nitrogens is 1. The van der Waals surface area contributed by atoms with Gasteiger partial charge >= 0.3 is 4.87 Å². The van der Waals surface area contributed by atoms with Crippen LogP contribution >= 0.6 is 11.3 Å². The summed E-state index contributed by atoms with van der Waals surface area (Å²) in [6.07, 6.45) is 0. The number of hydrogen-bond acceptors (Lipinski definition) is 3. The molecule has 0 saturated heterocycles. The fraction of sp³-hybridized carbons (Fsp3) is 0.267. The van der Waals surface area contributed by atoms with Crippen LogP contribution in [0.15, 0.2) is 29.1 Å². The quantitative estimate of drug-likeness (QED) is 0.849. The topological polar surface area (TPSA) is 42.2 Å². The van der Waals surface area contributed by atoms with E-state index in [0.717, 1.165) is 21.7 Å². The fourth-order valence-electron chi connectivity index (χ4n) is 1.86. The summed E-state index contributed by atoms with van der Waals surface area (Å²) in [5.74, 6) is 5.56. The lowest BCUT2D eigenvalue weighted by molar-refractivity contribution is 0.350. The maximum atomic E-state index is 11.9. The number of thiazole rings is 1. The Kier molecular flexibility index (Phi) is 4.20. The normalized spacial score (nSPS) is 10.1. The van der Waals surface area contributed by atoms with Crippen molar-refractivity contribution in [2.75, 3.05) is 6.61 Å². The number of benzene rings is 1. The van der Waals surface area contributed by atoms with Crippen LogP contribution in [0.2, 0.25) is 0 Å². The van der Waals surface area contributed by atoms with Crippen molar-refractivity contribution in [3.63, 3.8) is 0 Å². The third kappa shape index (κ3) is 2.95. The third-order valence-electron chi connectivity index (χ3n) is 3.02. The molecule has 0 saturated carbocycles. The molecular weight excluding hydrogens is 258 g/mol. The molecule has 98 valence electrons. The Bertz CT molecular complexity index is 701. The van der Waals surface area contributed by atoms with Crippen LogP contribution in [-0.2, 0) is 6.54 Å². The Labute approximate surface area is 116 Å². The first-order valence-corrected chi connectivity index (χ1v) is 6.79. The molecule has 1 heterocycles. The van der Waals surface area contributed by atoms with Gasteiger partial charge in [-0.05, 0) is 25.5 Å². The first-order valence-electron chi connectivity index (χ1n) is 5.98. The van der Waals surface area contributed by atoms with Crippen molar-refractivity contribution in [2.45, 2.75) is 20.4 Å². The first-order chi connectivity index (χ1) is 9.13. The van der Waals surface area contributed by atoms with Gasteiger partial charge in [-0.3, -0.25) is 9.36 Å². The van der Waals surface area contributed by atoms with Gasteiger partial charge in [0.15, 0.2) is 0 Å². The van der Waals surface area contributed by atoms with Gasteiger partial charge in [0.25, 0.3) is 0 Å². The van der Waals surface area contributed by atoms with E-state index >= 15 is 0 Å². The van der Waals surface area contributed by atoms with E-state index in [1.165, 1.54) is 11.3 Å². The highest BCUT2D eigenvalue weighted by Crippen LogP contribution is 2.14. The molecule has 0 aliphatic heterocycles. The van der Waals surface area contributed by atoms with Gasteiger partial charge in [-0.2, -0.15) is 0 Å². The van der Waals surface area contributed by atoms with E-state index in [1.807, 2.05) is 38.1 Å². The summed E-state index contributed by atoms with van der Waals surface area (Å²) < 4.78 is 1.76. The zero-order chi connectivity index (χ0) is 13.8. The summed E-state index contributed by atoms with van der Waals surface area (Å²) in [4.78, 5) is 13.0. The molecule has 3 nitrogen and oxygen atoms in total. The second kappa shape index (κ2) is 5.87. The second-order valence-electron chi connectivity index (χ2n) is 4.21. The first kappa shape index (κ1) is 13.6. The largest absolute Gasteiger partial charge is 0.384 e. The number of hydrogen-bond donors (Lipinski definition) is 1. The Hall–Kier alpha value is -1.83.